The summed E-state index contributed by atoms with van der Waals surface area (Å²) in [7, 11) is 1.45. The maximum Gasteiger partial charge on any atom is 0.257 e. The molecule has 1 N–H and O–H groups in total. The predicted molar refractivity (Wildman–Crippen MR) is 95.5 cm³/mol. The van der Waals surface area contributed by atoms with Crippen molar-refractivity contribution in [2.24, 2.45) is 0 Å². The highest BCUT2D eigenvalue weighted by molar-refractivity contribution is 5.99. The van der Waals surface area contributed by atoms with E-state index >= 15 is 0 Å². The van der Waals surface area contributed by atoms with E-state index in [-0.39, 0.29) is 12.1 Å². The minimum Gasteiger partial charge on any atom is -0.341 e. The van der Waals surface area contributed by atoms with Crippen LogP contribution in [0.1, 0.15) is 23.2 Å². The summed E-state index contributed by atoms with van der Waals surface area (Å²) in [4.78, 5) is 36.1. The third-order valence-corrected chi connectivity index (χ3v) is 4.14. The van der Waals surface area contributed by atoms with Crippen LogP contribution >= 0.6 is 0 Å². The van der Waals surface area contributed by atoms with Gasteiger partial charge in [-0.25, -0.2) is 14.4 Å². The lowest BCUT2D eigenvalue weighted by atomic mass is 10.2. The zero-order valence-electron chi connectivity index (χ0n) is 14.5. The van der Waals surface area contributed by atoms with E-state index in [0.717, 1.165) is 30.8 Å². The first kappa shape index (κ1) is 17.8. The molecule has 0 spiro atoms. The third kappa shape index (κ3) is 4.14. The lowest BCUT2D eigenvalue weighted by Crippen LogP contribution is -2.35. The van der Waals surface area contributed by atoms with Crippen LogP contribution in [0, 0.1) is 5.82 Å². The van der Waals surface area contributed by atoms with E-state index in [9.17, 15) is 14.0 Å². The molecule has 0 saturated carbocycles. The molecule has 1 aromatic carbocycles. The Balaban J connectivity index is 1.56. The van der Waals surface area contributed by atoms with Crippen molar-refractivity contribution in [3.05, 3.63) is 48.0 Å². The van der Waals surface area contributed by atoms with Crippen molar-refractivity contribution in [3.8, 4) is 0 Å². The fourth-order valence-electron chi connectivity index (χ4n) is 2.79. The van der Waals surface area contributed by atoms with Gasteiger partial charge in [-0.05, 0) is 25.0 Å². The number of hydrogen-bond acceptors (Lipinski definition) is 5. The van der Waals surface area contributed by atoms with Crippen molar-refractivity contribution in [1.82, 2.24) is 14.9 Å². The van der Waals surface area contributed by atoms with E-state index in [4.69, 9.17) is 0 Å². The van der Waals surface area contributed by atoms with Crippen LogP contribution in [0.25, 0.3) is 0 Å². The predicted octanol–water partition coefficient (Wildman–Crippen LogP) is 1.93. The molecular weight excluding hydrogens is 337 g/mol. The van der Waals surface area contributed by atoms with Gasteiger partial charge in [0.25, 0.3) is 5.91 Å². The van der Waals surface area contributed by atoms with Gasteiger partial charge in [-0.15, -0.1) is 0 Å². The van der Waals surface area contributed by atoms with Gasteiger partial charge in [0.05, 0.1) is 30.2 Å². The van der Waals surface area contributed by atoms with E-state index in [1.807, 2.05) is 0 Å². The molecule has 0 atom stereocenters. The van der Waals surface area contributed by atoms with Gasteiger partial charge in [0.2, 0.25) is 11.9 Å². The van der Waals surface area contributed by atoms with Crippen LogP contribution in [0.15, 0.2) is 36.7 Å². The first-order chi connectivity index (χ1) is 12.5. The molecule has 1 saturated heterocycles. The Morgan fingerprint density at radius 1 is 1.19 bits per heavy atom. The van der Waals surface area contributed by atoms with E-state index in [1.54, 1.807) is 6.07 Å². The molecule has 3 rings (SSSR count). The van der Waals surface area contributed by atoms with Gasteiger partial charge < -0.3 is 15.1 Å². The SMILES string of the molecule is CN(CC(=O)Nc1cnc(N2CCCC2)nc1)C(=O)c1ccccc1F. The molecule has 1 aromatic heterocycles. The Hall–Kier alpha value is -3.03. The monoisotopic (exact) mass is 357 g/mol. The summed E-state index contributed by atoms with van der Waals surface area (Å²) in [6.45, 7) is 1.67. The smallest absolute Gasteiger partial charge is 0.257 e. The van der Waals surface area contributed by atoms with Gasteiger partial charge in [0.15, 0.2) is 0 Å². The Kier molecular flexibility index (Phi) is 5.40. The van der Waals surface area contributed by atoms with E-state index in [2.05, 4.69) is 20.2 Å². The highest BCUT2D eigenvalue weighted by Gasteiger charge is 2.18. The van der Waals surface area contributed by atoms with Gasteiger partial charge in [0, 0.05) is 20.1 Å². The number of nitrogens with one attached hydrogen (secondary N) is 1. The number of likely N-dealkylation sites (N-methyl/N-ethyl adjacent to an activating group) is 1. The van der Waals surface area contributed by atoms with Gasteiger partial charge in [-0.1, -0.05) is 12.1 Å². The van der Waals surface area contributed by atoms with E-state index in [0.29, 0.717) is 11.6 Å². The van der Waals surface area contributed by atoms with Crippen LogP contribution in [-0.4, -0.2) is 53.4 Å². The molecule has 1 aliphatic rings. The Morgan fingerprint density at radius 3 is 2.50 bits per heavy atom. The zero-order valence-corrected chi connectivity index (χ0v) is 14.5. The van der Waals surface area contributed by atoms with Crippen molar-refractivity contribution >= 4 is 23.5 Å². The first-order valence-corrected chi connectivity index (χ1v) is 8.41. The summed E-state index contributed by atoms with van der Waals surface area (Å²) >= 11 is 0. The maximum absolute atomic E-state index is 13.7. The minimum absolute atomic E-state index is 0.0684. The second kappa shape index (κ2) is 7.90. The number of nitrogens with zero attached hydrogens (tertiary/aromatic N) is 4. The van der Waals surface area contributed by atoms with Crippen molar-refractivity contribution in [2.45, 2.75) is 12.8 Å². The molecule has 1 aliphatic heterocycles. The Bertz CT molecular complexity index is 790. The number of amides is 2. The van der Waals surface area contributed by atoms with E-state index < -0.39 is 17.6 Å². The summed E-state index contributed by atoms with van der Waals surface area (Å²) in [6, 6.07) is 5.67. The number of aromatic nitrogens is 2. The fourth-order valence-corrected chi connectivity index (χ4v) is 2.79. The van der Waals surface area contributed by atoms with Gasteiger partial charge in [0.1, 0.15) is 5.82 Å². The van der Waals surface area contributed by atoms with Crippen LogP contribution in [0.3, 0.4) is 0 Å². The van der Waals surface area contributed by atoms with Crippen molar-refractivity contribution in [2.75, 3.05) is 36.9 Å². The largest absolute Gasteiger partial charge is 0.341 e. The Morgan fingerprint density at radius 2 is 1.85 bits per heavy atom. The number of halogens is 1. The highest BCUT2D eigenvalue weighted by atomic mass is 19.1. The number of rotatable bonds is 5. The molecule has 0 aliphatic carbocycles. The molecule has 2 heterocycles. The second-order valence-electron chi connectivity index (χ2n) is 6.16. The molecule has 2 aromatic rings. The van der Waals surface area contributed by atoms with Gasteiger partial charge in [-0.3, -0.25) is 9.59 Å². The Labute approximate surface area is 150 Å². The first-order valence-electron chi connectivity index (χ1n) is 8.41. The minimum atomic E-state index is -0.615. The van der Waals surface area contributed by atoms with Crippen LogP contribution in [0.4, 0.5) is 16.0 Å². The lowest BCUT2D eigenvalue weighted by Gasteiger charge is -2.17. The summed E-state index contributed by atoms with van der Waals surface area (Å²) in [5.74, 6) is -0.934. The van der Waals surface area contributed by atoms with Crippen molar-refractivity contribution in [3.63, 3.8) is 0 Å². The molecular formula is C18H20FN5O2. The van der Waals surface area contributed by atoms with Crippen LogP contribution in [0.5, 0.6) is 0 Å². The van der Waals surface area contributed by atoms with Crippen molar-refractivity contribution < 1.29 is 14.0 Å². The number of benzene rings is 1. The maximum atomic E-state index is 13.7. The quantitative estimate of drug-likeness (QED) is 0.885. The normalized spacial score (nSPS) is 13.5. The number of anilines is 2. The van der Waals surface area contributed by atoms with E-state index in [1.165, 1.54) is 37.6 Å². The summed E-state index contributed by atoms with van der Waals surface area (Å²) in [6.07, 6.45) is 5.34. The summed E-state index contributed by atoms with van der Waals surface area (Å²) in [5, 5.41) is 2.64. The highest BCUT2D eigenvalue weighted by Crippen LogP contribution is 2.16. The lowest BCUT2D eigenvalue weighted by molar-refractivity contribution is -0.116. The zero-order chi connectivity index (χ0) is 18.5. The standard InChI is InChI=1S/C18H20FN5O2/c1-23(17(26)14-6-2-3-7-15(14)19)12-16(25)22-13-10-20-18(21-11-13)24-8-4-5-9-24/h2-3,6-7,10-11H,4-5,8-9,12H2,1H3,(H,22,25). The fraction of sp³-hybridized carbons (Fsp3) is 0.333. The van der Waals surface area contributed by atoms with Gasteiger partial charge in [-0.2, -0.15) is 0 Å². The molecule has 7 nitrogen and oxygen atoms in total. The topological polar surface area (TPSA) is 78.4 Å². The average Bonchev–Trinajstić information content (AvgIpc) is 3.16. The molecule has 2 amide bonds. The molecule has 1 fully saturated rings. The van der Waals surface area contributed by atoms with Gasteiger partial charge >= 0.3 is 0 Å². The van der Waals surface area contributed by atoms with Crippen molar-refractivity contribution in [1.29, 1.82) is 0 Å². The number of carbonyl (C=O) groups is 2. The third-order valence-electron chi connectivity index (χ3n) is 4.14. The summed E-state index contributed by atoms with van der Waals surface area (Å²) in [5.41, 5.74) is 0.380. The second-order valence-corrected chi connectivity index (χ2v) is 6.16. The molecule has 136 valence electrons. The summed E-state index contributed by atoms with van der Waals surface area (Å²) < 4.78 is 13.7. The molecule has 26 heavy (non-hydrogen) atoms. The average molecular weight is 357 g/mol. The van der Waals surface area contributed by atoms with Crippen LogP contribution in [0.2, 0.25) is 0 Å². The molecule has 0 bridgehead atoms. The van der Waals surface area contributed by atoms with Crippen LogP contribution in [-0.2, 0) is 4.79 Å². The molecule has 8 heteroatoms. The number of hydrogen-bond donors (Lipinski definition) is 1. The molecule has 0 unspecified atom stereocenters. The molecule has 0 radical (unpaired) electrons. The van der Waals surface area contributed by atoms with Crippen LogP contribution < -0.4 is 10.2 Å². The number of carbonyl (C=O) groups excluding carboxylic acids is 2.